The van der Waals surface area contributed by atoms with E-state index in [4.69, 9.17) is 4.42 Å². The largest absolute Gasteiger partial charge is 0.431 e. The maximum absolute atomic E-state index is 12.2. The summed E-state index contributed by atoms with van der Waals surface area (Å²) in [6.07, 6.45) is 4.28. The van der Waals surface area contributed by atoms with Crippen molar-refractivity contribution in [3.05, 3.63) is 34.4 Å². The van der Waals surface area contributed by atoms with E-state index in [1.807, 2.05) is 6.92 Å². The number of aliphatic hydroxyl groups excluding tert-OH is 3. The summed E-state index contributed by atoms with van der Waals surface area (Å²) in [5.41, 5.74) is -1.44. The van der Waals surface area contributed by atoms with Gasteiger partial charge in [-0.2, -0.15) is 0 Å². The average molecular weight is 419 g/mol. The molecule has 0 unspecified atom stereocenters. The SMILES string of the molecule is C[C@]12CC[C@@H](O)C[C@H]1C[C@H](O)[C@@H]1[C@@H]2[C@H](O)C[C@]2(C)[C@@H](c3ccc(=O)oc3)CC[C@]12O. The molecule has 1 aromatic heterocycles. The first-order chi connectivity index (χ1) is 14.1. The Morgan fingerprint density at radius 2 is 1.77 bits per heavy atom. The highest BCUT2D eigenvalue weighted by molar-refractivity contribution is 5.28. The summed E-state index contributed by atoms with van der Waals surface area (Å²) < 4.78 is 5.11. The predicted molar refractivity (Wildman–Crippen MR) is 110 cm³/mol. The first kappa shape index (κ1) is 20.7. The highest BCUT2D eigenvalue weighted by Crippen LogP contribution is 2.70. The Morgan fingerprint density at radius 1 is 1.00 bits per heavy atom. The van der Waals surface area contributed by atoms with Crippen LogP contribution < -0.4 is 5.63 Å². The van der Waals surface area contributed by atoms with Gasteiger partial charge in [-0.1, -0.05) is 13.8 Å². The van der Waals surface area contributed by atoms with Crippen molar-refractivity contribution in [1.82, 2.24) is 0 Å². The van der Waals surface area contributed by atoms with E-state index in [1.165, 1.54) is 12.3 Å². The molecule has 0 amide bonds. The Morgan fingerprint density at radius 3 is 2.47 bits per heavy atom. The lowest BCUT2D eigenvalue weighted by Gasteiger charge is -2.66. The maximum Gasteiger partial charge on any atom is 0.335 e. The zero-order chi connectivity index (χ0) is 21.5. The summed E-state index contributed by atoms with van der Waals surface area (Å²) in [5, 5.41) is 45.1. The molecule has 1 aromatic rings. The fraction of sp³-hybridized carbons (Fsp3) is 0.792. The van der Waals surface area contributed by atoms with Crippen LogP contribution in [0, 0.1) is 28.6 Å². The third-order valence-corrected chi connectivity index (χ3v) is 9.89. The van der Waals surface area contributed by atoms with Gasteiger partial charge in [0.25, 0.3) is 0 Å². The molecule has 0 spiro atoms. The number of aliphatic hydroxyl groups is 4. The van der Waals surface area contributed by atoms with Crippen LogP contribution in [0.2, 0.25) is 0 Å². The van der Waals surface area contributed by atoms with Gasteiger partial charge in [-0.05, 0) is 79.7 Å². The van der Waals surface area contributed by atoms with Crippen LogP contribution in [0.25, 0.3) is 0 Å². The van der Waals surface area contributed by atoms with E-state index in [1.54, 1.807) is 6.07 Å². The van der Waals surface area contributed by atoms with Gasteiger partial charge in [-0.25, -0.2) is 4.79 Å². The standard InChI is InChI=1S/C24H34O6/c1-22-7-5-15(25)9-14(22)10-17(26)21-20(22)18(27)11-23(2)16(6-8-24(21,23)29)13-3-4-19(28)30-12-13/h3-4,12,14-18,20-21,25-27,29H,5-11H2,1-2H3/t14-,15+,16+,17-,18+,20-,21+,22-,23+,24-/m0/s1. The smallest absolute Gasteiger partial charge is 0.335 e. The Hall–Kier alpha value is -1.21. The Bertz CT molecular complexity index is 862. The van der Waals surface area contributed by atoms with E-state index in [0.717, 1.165) is 18.4 Å². The zero-order valence-electron chi connectivity index (χ0n) is 17.8. The van der Waals surface area contributed by atoms with E-state index in [2.05, 4.69) is 6.92 Å². The molecule has 4 fully saturated rings. The van der Waals surface area contributed by atoms with Crippen molar-refractivity contribution in [3.63, 3.8) is 0 Å². The minimum absolute atomic E-state index is 0.0478. The average Bonchev–Trinajstić information content (AvgIpc) is 2.95. The van der Waals surface area contributed by atoms with Crippen molar-refractivity contribution in [2.75, 3.05) is 0 Å². The molecule has 0 bridgehead atoms. The normalized spacial score (nSPS) is 52.9. The van der Waals surface area contributed by atoms with Crippen LogP contribution in [-0.2, 0) is 0 Å². The Balaban J connectivity index is 1.56. The lowest BCUT2D eigenvalue weighted by Crippen LogP contribution is -2.69. The van der Waals surface area contributed by atoms with Crippen LogP contribution in [0.3, 0.4) is 0 Å². The first-order valence-electron chi connectivity index (χ1n) is 11.5. The third-order valence-electron chi connectivity index (χ3n) is 9.89. The van der Waals surface area contributed by atoms with Crippen LogP contribution in [0.4, 0.5) is 0 Å². The zero-order valence-corrected chi connectivity index (χ0v) is 17.8. The van der Waals surface area contributed by atoms with Crippen molar-refractivity contribution in [2.24, 2.45) is 28.6 Å². The van der Waals surface area contributed by atoms with E-state index >= 15 is 0 Å². The Kier molecular flexibility index (Phi) is 4.58. The van der Waals surface area contributed by atoms with Gasteiger partial charge in [0.1, 0.15) is 0 Å². The molecule has 6 nitrogen and oxygen atoms in total. The van der Waals surface area contributed by atoms with Crippen LogP contribution in [0.15, 0.2) is 27.6 Å². The highest BCUT2D eigenvalue weighted by atomic mass is 16.4. The number of hydrogen-bond donors (Lipinski definition) is 4. The molecular weight excluding hydrogens is 384 g/mol. The molecule has 30 heavy (non-hydrogen) atoms. The summed E-state index contributed by atoms with van der Waals surface area (Å²) in [6, 6.07) is 3.18. The topological polar surface area (TPSA) is 111 Å². The van der Waals surface area contributed by atoms with Gasteiger partial charge in [0.2, 0.25) is 0 Å². The number of rotatable bonds is 1. The molecule has 6 heteroatoms. The molecule has 5 rings (SSSR count). The fourth-order valence-electron chi connectivity index (χ4n) is 8.38. The molecule has 0 saturated heterocycles. The molecule has 0 aromatic carbocycles. The highest BCUT2D eigenvalue weighted by Gasteiger charge is 2.71. The van der Waals surface area contributed by atoms with Crippen molar-refractivity contribution >= 4 is 0 Å². The molecule has 1 heterocycles. The van der Waals surface area contributed by atoms with Crippen LogP contribution in [0.1, 0.15) is 70.3 Å². The molecule has 4 saturated carbocycles. The van der Waals surface area contributed by atoms with Gasteiger partial charge in [0.05, 0.1) is 30.2 Å². The van der Waals surface area contributed by atoms with Crippen LogP contribution >= 0.6 is 0 Å². The first-order valence-corrected chi connectivity index (χ1v) is 11.5. The summed E-state index contributed by atoms with van der Waals surface area (Å²) in [5.74, 6) is -0.484. The fourth-order valence-corrected chi connectivity index (χ4v) is 8.38. The van der Waals surface area contributed by atoms with Gasteiger partial charge in [-0.15, -0.1) is 0 Å². The van der Waals surface area contributed by atoms with E-state index < -0.39 is 34.8 Å². The molecule has 166 valence electrons. The van der Waals surface area contributed by atoms with E-state index in [9.17, 15) is 25.2 Å². The number of hydrogen-bond acceptors (Lipinski definition) is 6. The van der Waals surface area contributed by atoms with Gasteiger partial charge in [-0.3, -0.25) is 0 Å². The van der Waals surface area contributed by atoms with Crippen LogP contribution in [-0.4, -0.2) is 44.3 Å². The van der Waals surface area contributed by atoms with Crippen molar-refractivity contribution < 1.29 is 24.8 Å². The second-order valence-corrected chi connectivity index (χ2v) is 11.1. The molecule has 4 aliphatic carbocycles. The summed E-state index contributed by atoms with van der Waals surface area (Å²) in [4.78, 5) is 11.4. The van der Waals surface area contributed by atoms with E-state index in [-0.39, 0.29) is 29.3 Å². The summed E-state index contributed by atoms with van der Waals surface area (Å²) in [6.45, 7) is 4.22. The van der Waals surface area contributed by atoms with Gasteiger partial charge < -0.3 is 24.8 Å². The van der Waals surface area contributed by atoms with Crippen molar-refractivity contribution in [2.45, 2.75) is 88.6 Å². The monoisotopic (exact) mass is 418 g/mol. The molecule has 4 N–H and O–H groups in total. The molecule has 10 atom stereocenters. The third kappa shape index (κ3) is 2.60. The van der Waals surface area contributed by atoms with Gasteiger partial charge >= 0.3 is 5.63 Å². The van der Waals surface area contributed by atoms with Crippen molar-refractivity contribution in [1.29, 1.82) is 0 Å². The molecular formula is C24H34O6. The molecule has 0 aliphatic heterocycles. The number of fused-ring (bicyclic) bond motifs is 5. The summed E-state index contributed by atoms with van der Waals surface area (Å²) >= 11 is 0. The Labute approximate surface area is 176 Å². The predicted octanol–water partition coefficient (Wildman–Crippen LogP) is 2.18. The minimum Gasteiger partial charge on any atom is -0.431 e. The van der Waals surface area contributed by atoms with E-state index in [0.29, 0.717) is 32.1 Å². The molecule has 4 aliphatic rings. The molecule has 0 radical (unpaired) electrons. The second kappa shape index (κ2) is 6.64. The quantitative estimate of drug-likeness (QED) is 0.556. The lowest BCUT2D eigenvalue weighted by molar-refractivity contribution is -0.267. The lowest BCUT2D eigenvalue weighted by atomic mass is 9.41. The van der Waals surface area contributed by atoms with Crippen LogP contribution in [0.5, 0.6) is 0 Å². The second-order valence-electron chi connectivity index (χ2n) is 11.1. The van der Waals surface area contributed by atoms with Gasteiger partial charge in [0, 0.05) is 17.4 Å². The van der Waals surface area contributed by atoms with Gasteiger partial charge in [0.15, 0.2) is 0 Å². The maximum atomic E-state index is 12.2. The minimum atomic E-state index is -1.10. The summed E-state index contributed by atoms with van der Waals surface area (Å²) in [7, 11) is 0. The van der Waals surface area contributed by atoms with Crippen molar-refractivity contribution in [3.8, 4) is 0 Å².